The van der Waals surface area contributed by atoms with E-state index in [-0.39, 0.29) is 0 Å². The van der Waals surface area contributed by atoms with E-state index < -0.39 is 18.0 Å². The second-order valence-electron chi connectivity index (χ2n) is 4.31. The number of nitrogens with one attached hydrogen (secondary N) is 2. The monoisotopic (exact) mass is 268 g/mol. The lowest BCUT2D eigenvalue weighted by Crippen LogP contribution is -2.46. The maximum absolute atomic E-state index is 11.5. The zero-order valence-corrected chi connectivity index (χ0v) is 11.2. The Morgan fingerprint density at radius 1 is 1.53 bits per heavy atom. The van der Waals surface area contributed by atoms with Crippen LogP contribution < -0.4 is 10.6 Å². The Morgan fingerprint density at radius 2 is 2.26 bits per heavy atom. The summed E-state index contributed by atoms with van der Waals surface area (Å²) in [5.74, 6) is -1.01. The second-order valence-corrected chi connectivity index (χ2v) is 4.31. The Morgan fingerprint density at radius 3 is 2.79 bits per heavy atom. The van der Waals surface area contributed by atoms with E-state index in [2.05, 4.69) is 15.7 Å². The van der Waals surface area contributed by atoms with E-state index in [1.165, 1.54) is 0 Å². The van der Waals surface area contributed by atoms with Crippen molar-refractivity contribution in [2.45, 2.75) is 32.2 Å². The molecule has 0 bridgehead atoms. The fourth-order valence-corrected chi connectivity index (χ4v) is 1.66. The van der Waals surface area contributed by atoms with Gasteiger partial charge in [-0.15, -0.1) is 0 Å². The smallest absolute Gasteiger partial charge is 0.326 e. The Balaban J connectivity index is 2.28. The molecule has 19 heavy (non-hydrogen) atoms. The van der Waals surface area contributed by atoms with E-state index in [1.807, 2.05) is 26.2 Å². The van der Waals surface area contributed by atoms with Gasteiger partial charge in [-0.2, -0.15) is 5.10 Å². The number of hydrogen-bond acceptors (Lipinski definition) is 3. The predicted octanol–water partition coefficient (Wildman–Crippen LogP) is 0.515. The van der Waals surface area contributed by atoms with Gasteiger partial charge in [-0.05, 0) is 12.5 Å². The number of carboxylic acids is 1. The minimum atomic E-state index is -1.01. The molecule has 7 heteroatoms. The maximum atomic E-state index is 11.5. The van der Waals surface area contributed by atoms with Crippen molar-refractivity contribution >= 4 is 12.0 Å². The van der Waals surface area contributed by atoms with E-state index in [0.29, 0.717) is 25.8 Å². The molecule has 7 nitrogen and oxygen atoms in total. The molecule has 1 heterocycles. The lowest BCUT2D eigenvalue weighted by molar-refractivity contribution is -0.139. The van der Waals surface area contributed by atoms with Crippen LogP contribution in [-0.4, -0.2) is 39.5 Å². The summed E-state index contributed by atoms with van der Waals surface area (Å²) >= 11 is 0. The van der Waals surface area contributed by atoms with Gasteiger partial charge < -0.3 is 15.7 Å². The highest BCUT2D eigenvalue weighted by Gasteiger charge is 2.18. The number of amides is 2. The fraction of sp³-hybridized carbons (Fsp3) is 0.583. The first-order chi connectivity index (χ1) is 9.02. The number of aliphatic carboxylic acids is 1. The molecule has 0 aliphatic rings. The van der Waals surface area contributed by atoms with Gasteiger partial charge in [0.05, 0.1) is 5.69 Å². The molecule has 0 unspecified atom stereocenters. The molecule has 2 amide bonds. The number of aromatic nitrogens is 2. The van der Waals surface area contributed by atoms with Crippen molar-refractivity contribution in [2.75, 3.05) is 6.54 Å². The number of carboxylic acid groups (broad SMARTS) is 1. The molecule has 106 valence electrons. The van der Waals surface area contributed by atoms with Crippen LogP contribution in [0.4, 0.5) is 4.79 Å². The third-order valence-corrected chi connectivity index (χ3v) is 2.62. The van der Waals surface area contributed by atoms with Gasteiger partial charge in [0.2, 0.25) is 0 Å². The van der Waals surface area contributed by atoms with Crippen LogP contribution in [0.25, 0.3) is 0 Å². The van der Waals surface area contributed by atoms with Gasteiger partial charge in [0.15, 0.2) is 0 Å². The lowest BCUT2D eigenvalue weighted by Gasteiger charge is -2.13. The summed E-state index contributed by atoms with van der Waals surface area (Å²) < 4.78 is 1.69. The quantitative estimate of drug-likeness (QED) is 0.671. The van der Waals surface area contributed by atoms with E-state index >= 15 is 0 Å². The highest BCUT2D eigenvalue weighted by Crippen LogP contribution is 1.97. The average molecular weight is 268 g/mol. The molecule has 0 aromatic carbocycles. The van der Waals surface area contributed by atoms with Crippen LogP contribution >= 0.6 is 0 Å². The van der Waals surface area contributed by atoms with Crippen LogP contribution in [0.1, 0.15) is 25.5 Å². The zero-order chi connectivity index (χ0) is 14.3. The summed E-state index contributed by atoms with van der Waals surface area (Å²) in [7, 11) is 1.83. The lowest BCUT2D eigenvalue weighted by atomic mass is 10.2. The Kier molecular flexibility index (Phi) is 5.84. The number of nitrogens with zero attached hydrogens (tertiary/aromatic N) is 2. The maximum Gasteiger partial charge on any atom is 0.326 e. The molecule has 0 saturated heterocycles. The first-order valence-electron chi connectivity index (χ1n) is 6.28. The topological polar surface area (TPSA) is 96.3 Å². The summed E-state index contributed by atoms with van der Waals surface area (Å²) in [5, 5.41) is 18.1. The number of urea groups is 1. The number of carbonyl (C=O) groups excluding carboxylic acids is 1. The first-order valence-corrected chi connectivity index (χ1v) is 6.28. The van der Waals surface area contributed by atoms with Crippen LogP contribution in [0.2, 0.25) is 0 Å². The summed E-state index contributed by atoms with van der Waals surface area (Å²) in [6.45, 7) is 2.29. The molecule has 0 fully saturated rings. The molecule has 3 N–H and O–H groups in total. The third-order valence-electron chi connectivity index (χ3n) is 2.62. The van der Waals surface area contributed by atoms with Crippen LogP contribution in [-0.2, 0) is 18.3 Å². The molecule has 1 aromatic heterocycles. The van der Waals surface area contributed by atoms with Gasteiger partial charge >= 0.3 is 12.0 Å². The molecule has 0 saturated carbocycles. The van der Waals surface area contributed by atoms with Crippen LogP contribution in [0.3, 0.4) is 0 Å². The Hall–Kier alpha value is -2.05. The normalized spacial score (nSPS) is 11.9. The van der Waals surface area contributed by atoms with Crippen molar-refractivity contribution in [3.05, 3.63) is 18.0 Å². The minimum Gasteiger partial charge on any atom is -0.480 e. The number of carbonyl (C=O) groups is 2. The van der Waals surface area contributed by atoms with Crippen LogP contribution in [0.15, 0.2) is 12.3 Å². The molecule has 1 atom stereocenters. The summed E-state index contributed by atoms with van der Waals surface area (Å²) in [4.78, 5) is 22.4. The van der Waals surface area contributed by atoms with Crippen molar-refractivity contribution < 1.29 is 14.7 Å². The fourth-order valence-electron chi connectivity index (χ4n) is 1.66. The summed E-state index contributed by atoms with van der Waals surface area (Å²) in [5.41, 5.74) is 0.881. The number of rotatable bonds is 7. The second kappa shape index (κ2) is 7.40. The third kappa shape index (κ3) is 5.41. The van der Waals surface area contributed by atoms with E-state index in [1.54, 1.807) is 4.68 Å². The van der Waals surface area contributed by atoms with Gasteiger partial charge in [0.25, 0.3) is 0 Å². The zero-order valence-electron chi connectivity index (χ0n) is 11.2. The molecule has 1 aromatic rings. The molecule has 0 aliphatic carbocycles. The van der Waals surface area contributed by atoms with Gasteiger partial charge in [-0.3, -0.25) is 4.68 Å². The van der Waals surface area contributed by atoms with Crippen molar-refractivity contribution in [1.29, 1.82) is 0 Å². The Bertz CT molecular complexity index is 430. The average Bonchev–Trinajstić information content (AvgIpc) is 2.74. The largest absolute Gasteiger partial charge is 0.480 e. The summed E-state index contributed by atoms with van der Waals surface area (Å²) in [6, 6.07) is 0.577. The Labute approximate surface area is 112 Å². The van der Waals surface area contributed by atoms with Crippen LogP contribution in [0, 0.1) is 0 Å². The van der Waals surface area contributed by atoms with E-state index in [9.17, 15) is 9.59 Å². The van der Waals surface area contributed by atoms with Gasteiger partial charge in [-0.1, -0.05) is 13.3 Å². The predicted molar refractivity (Wildman–Crippen MR) is 69.8 cm³/mol. The first kappa shape index (κ1) is 15.0. The SMILES string of the molecule is CCC[C@@H](NC(=O)NCCc1ccn(C)n1)C(=O)O. The van der Waals surface area contributed by atoms with Crippen molar-refractivity contribution in [3.8, 4) is 0 Å². The van der Waals surface area contributed by atoms with Gasteiger partial charge in [0, 0.05) is 26.2 Å². The molecular formula is C12H20N4O3. The number of aryl methyl sites for hydroxylation is 1. The standard InChI is InChI=1S/C12H20N4O3/c1-3-4-10(11(17)18)14-12(19)13-7-5-9-6-8-16(2)15-9/h6,8,10H,3-5,7H2,1-2H3,(H,17,18)(H2,13,14,19)/t10-/m1/s1. The highest BCUT2D eigenvalue weighted by molar-refractivity contribution is 5.82. The highest BCUT2D eigenvalue weighted by atomic mass is 16.4. The number of hydrogen-bond donors (Lipinski definition) is 3. The van der Waals surface area contributed by atoms with Gasteiger partial charge in [-0.25, -0.2) is 9.59 Å². The van der Waals surface area contributed by atoms with E-state index in [4.69, 9.17) is 5.11 Å². The molecule has 0 aliphatic heterocycles. The van der Waals surface area contributed by atoms with Crippen molar-refractivity contribution in [1.82, 2.24) is 20.4 Å². The van der Waals surface area contributed by atoms with Crippen LogP contribution in [0.5, 0.6) is 0 Å². The molecule has 1 rings (SSSR count). The van der Waals surface area contributed by atoms with Crippen molar-refractivity contribution in [2.24, 2.45) is 7.05 Å². The van der Waals surface area contributed by atoms with Crippen molar-refractivity contribution in [3.63, 3.8) is 0 Å². The van der Waals surface area contributed by atoms with Gasteiger partial charge in [0.1, 0.15) is 6.04 Å². The van der Waals surface area contributed by atoms with E-state index in [0.717, 1.165) is 5.69 Å². The molecule has 0 radical (unpaired) electrons. The molecule has 0 spiro atoms. The summed E-state index contributed by atoms with van der Waals surface area (Å²) in [6.07, 6.45) is 3.56. The molecular weight excluding hydrogens is 248 g/mol. The minimum absolute atomic E-state index is 0.418.